The fraction of sp³-hybridized carbons (Fsp3) is 0.286. The Kier molecular flexibility index (Phi) is 6.49. The summed E-state index contributed by atoms with van der Waals surface area (Å²) in [5.41, 5.74) is 1.03. The molecule has 4 rings (SSSR count). The van der Waals surface area contributed by atoms with Crippen molar-refractivity contribution in [2.75, 3.05) is 13.1 Å². The second kappa shape index (κ2) is 8.88. The van der Waals surface area contributed by atoms with Crippen LogP contribution in [-0.4, -0.2) is 35.8 Å². The molecule has 0 aliphatic carbocycles. The lowest BCUT2D eigenvalue weighted by Crippen LogP contribution is -2.50. The maximum Gasteiger partial charge on any atom is 0.253 e. The number of halogens is 4. The third-order valence-electron chi connectivity index (χ3n) is 5.12. The number of hydrogen-bond acceptors (Lipinski definition) is 2. The lowest BCUT2D eigenvalue weighted by atomic mass is 10.0. The molecular weight excluding hydrogens is 403 g/mol. The van der Waals surface area contributed by atoms with Gasteiger partial charge in [-0.15, -0.1) is 12.4 Å². The molecule has 2 aromatic carbocycles. The molecule has 0 bridgehead atoms. The lowest BCUT2D eigenvalue weighted by Gasteiger charge is -2.27. The van der Waals surface area contributed by atoms with Gasteiger partial charge >= 0.3 is 0 Å². The summed E-state index contributed by atoms with van der Waals surface area (Å²) in [5, 5.41) is 5.77. The fourth-order valence-corrected chi connectivity index (χ4v) is 3.65. The number of piperidine rings is 1. The van der Waals surface area contributed by atoms with Crippen molar-refractivity contribution in [2.24, 2.45) is 0 Å². The molecule has 0 radical (unpaired) electrons. The highest BCUT2D eigenvalue weighted by Gasteiger charge is 2.28. The Morgan fingerprint density at radius 3 is 2.66 bits per heavy atom. The summed E-state index contributed by atoms with van der Waals surface area (Å²) in [7, 11) is 0. The number of benzene rings is 2. The molecule has 1 amide bonds. The topological polar surface area (TPSA) is 46.1 Å². The van der Waals surface area contributed by atoms with E-state index >= 15 is 0 Å². The maximum absolute atomic E-state index is 14.5. The zero-order valence-corrected chi connectivity index (χ0v) is 16.3. The summed E-state index contributed by atoms with van der Waals surface area (Å²) in [5.74, 6) is -1.45. The molecule has 154 valence electrons. The van der Waals surface area contributed by atoms with Gasteiger partial charge in [0.2, 0.25) is 0 Å². The first-order chi connectivity index (χ1) is 13.5. The van der Waals surface area contributed by atoms with Crippen molar-refractivity contribution in [3.8, 4) is 0 Å². The van der Waals surface area contributed by atoms with Gasteiger partial charge in [-0.25, -0.2) is 13.2 Å². The minimum Gasteiger partial charge on any atom is -0.346 e. The van der Waals surface area contributed by atoms with Crippen LogP contribution in [0.15, 0.2) is 48.7 Å². The van der Waals surface area contributed by atoms with E-state index in [9.17, 15) is 18.0 Å². The highest BCUT2D eigenvalue weighted by molar-refractivity contribution is 6.07. The van der Waals surface area contributed by atoms with Gasteiger partial charge in [0.25, 0.3) is 5.91 Å². The molecule has 3 aromatic rings. The number of hydrogen-bond donors (Lipinski definition) is 2. The molecule has 1 saturated heterocycles. The van der Waals surface area contributed by atoms with Crippen LogP contribution in [0.3, 0.4) is 0 Å². The highest BCUT2D eigenvalue weighted by Crippen LogP contribution is 2.26. The highest BCUT2D eigenvalue weighted by atomic mass is 35.5. The fourth-order valence-electron chi connectivity index (χ4n) is 3.65. The quantitative estimate of drug-likeness (QED) is 0.670. The van der Waals surface area contributed by atoms with Crippen LogP contribution >= 0.6 is 12.4 Å². The molecule has 0 spiro atoms. The average Bonchev–Trinajstić information content (AvgIpc) is 3.05. The number of nitrogens with zero attached hydrogens (tertiary/aromatic N) is 1. The van der Waals surface area contributed by atoms with Crippen LogP contribution < -0.4 is 10.6 Å². The van der Waals surface area contributed by atoms with E-state index in [4.69, 9.17) is 0 Å². The number of amides is 1. The minimum atomic E-state index is -1.20. The van der Waals surface area contributed by atoms with E-state index in [-0.39, 0.29) is 42.3 Å². The molecule has 1 aliphatic heterocycles. The van der Waals surface area contributed by atoms with Crippen LogP contribution in [0.25, 0.3) is 10.9 Å². The van der Waals surface area contributed by atoms with Crippen molar-refractivity contribution in [1.29, 1.82) is 0 Å². The summed E-state index contributed by atoms with van der Waals surface area (Å²) in [6.45, 7) is 0.933. The number of rotatable bonds is 4. The predicted octanol–water partition coefficient (Wildman–Crippen LogP) is 3.82. The molecule has 1 fully saturated rings. The Morgan fingerprint density at radius 2 is 1.90 bits per heavy atom. The number of nitrogens with one attached hydrogen (secondary N) is 2. The summed E-state index contributed by atoms with van der Waals surface area (Å²) < 4.78 is 44.3. The molecule has 1 aliphatic rings. The first-order valence-corrected chi connectivity index (χ1v) is 9.21. The molecule has 8 heteroatoms. The van der Waals surface area contributed by atoms with Crippen LogP contribution in [0.5, 0.6) is 0 Å². The molecule has 2 N–H and O–H groups in total. The molecule has 4 nitrogen and oxygen atoms in total. The van der Waals surface area contributed by atoms with Crippen molar-refractivity contribution < 1.29 is 18.0 Å². The van der Waals surface area contributed by atoms with Gasteiger partial charge in [0.15, 0.2) is 0 Å². The van der Waals surface area contributed by atoms with E-state index in [0.717, 1.165) is 0 Å². The van der Waals surface area contributed by atoms with Gasteiger partial charge in [-0.2, -0.15) is 0 Å². The first kappa shape index (κ1) is 21.2. The largest absolute Gasteiger partial charge is 0.346 e. The van der Waals surface area contributed by atoms with Crippen molar-refractivity contribution in [1.82, 2.24) is 15.2 Å². The normalized spacial score (nSPS) is 19.0. The third-order valence-corrected chi connectivity index (χ3v) is 5.12. The Morgan fingerprint density at radius 1 is 1.14 bits per heavy atom. The van der Waals surface area contributed by atoms with E-state index < -0.39 is 23.9 Å². The SMILES string of the molecule is Cl.O=C(NC1CCNC[C@@H]1F)c1cn(Cc2ccccc2F)c2cccc(F)c12. The van der Waals surface area contributed by atoms with Gasteiger partial charge < -0.3 is 15.2 Å². The maximum atomic E-state index is 14.5. The van der Waals surface area contributed by atoms with Crippen LogP contribution in [0.1, 0.15) is 22.3 Å². The van der Waals surface area contributed by atoms with Gasteiger partial charge in [-0.3, -0.25) is 4.79 Å². The van der Waals surface area contributed by atoms with Gasteiger partial charge in [0.1, 0.15) is 17.8 Å². The van der Waals surface area contributed by atoms with Crippen molar-refractivity contribution in [3.63, 3.8) is 0 Å². The van der Waals surface area contributed by atoms with Crippen molar-refractivity contribution in [3.05, 3.63) is 71.4 Å². The second-order valence-electron chi connectivity index (χ2n) is 6.98. The van der Waals surface area contributed by atoms with Crippen LogP contribution in [-0.2, 0) is 6.54 Å². The zero-order chi connectivity index (χ0) is 19.7. The van der Waals surface area contributed by atoms with E-state index in [1.807, 2.05) is 0 Å². The minimum absolute atomic E-state index is 0. The van der Waals surface area contributed by atoms with Crippen LogP contribution in [0.4, 0.5) is 13.2 Å². The molecule has 0 saturated carbocycles. The Labute approximate surface area is 172 Å². The van der Waals surface area contributed by atoms with Crippen molar-refractivity contribution in [2.45, 2.75) is 25.2 Å². The standard InChI is InChI=1S/C21H20F3N3O.ClH/c22-15-5-2-1-4-13(15)11-27-12-14(20-16(23)6-3-7-19(20)27)21(28)26-18-8-9-25-10-17(18)24;/h1-7,12,17-18,25H,8-11H2,(H,26,28);1H/t17-,18?;/m0./s1. The number of aromatic nitrogens is 1. The number of carbonyl (C=O) groups excluding carboxylic acids is 1. The second-order valence-corrected chi connectivity index (χ2v) is 6.98. The lowest BCUT2D eigenvalue weighted by molar-refractivity contribution is 0.0893. The summed E-state index contributed by atoms with van der Waals surface area (Å²) in [4.78, 5) is 12.8. The zero-order valence-electron chi connectivity index (χ0n) is 15.5. The van der Waals surface area contributed by atoms with Gasteiger partial charge in [0, 0.05) is 23.7 Å². The van der Waals surface area contributed by atoms with E-state index in [1.54, 1.807) is 34.9 Å². The first-order valence-electron chi connectivity index (χ1n) is 9.21. The van der Waals surface area contributed by atoms with Gasteiger partial charge in [0.05, 0.1) is 23.7 Å². The Balaban J connectivity index is 0.00000240. The third kappa shape index (κ3) is 4.26. The molecular formula is C21H21ClF3N3O. The van der Waals surface area contributed by atoms with Crippen LogP contribution in [0, 0.1) is 11.6 Å². The molecule has 2 atom stereocenters. The van der Waals surface area contributed by atoms with Crippen LogP contribution in [0.2, 0.25) is 0 Å². The van der Waals surface area contributed by atoms with E-state index in [2.05, 4.69) is 10.6 Å². The van der Waals surface area contributed by atoms with Gasteiger partial charge in [-0.1, -0.05) is 24.3 Å². The smallest absolute Gasteiger partial charge is 0.253 e. The number of fused-ring (bicyclic) bond motifs is 1. The molecule has 2 heterocycles. The molecule has 1 aromatic heterocycles. The summed E-state index contributed by atoms with van der Waals surface area (Å²) in [6.07, 6.45) is 0.766. The Bertz CT molecular complexity index is 1020. The van der Waals surface area contributed by atoms with Gasteiger partial charge in [-0.05, 0) is 31.2 Å². The van der Waals surface area contributed by atoms with E-state index in [0.29, 0.717) is 24.0 Å². The summed E-state index contributed by atoms with van der Waals surface area (Å²) >= 11 is 0. The number of alkyl halides is 1. The van der Waals surface area contributed by atoms with Crippen molar-refractivity contribution >= 4 is 29.2 Å². The predicted molar refractivity (Wildman–Crippen MR) is 108 cm³/mol. The molecule has 1 unspecified atom stereocenters. The molecule has 29 heavy (non-hydrogen) atoms. The average molecular weight is 424 g/mol. The monoisotopic (exact) mass is 423 g/mol. The van der Waals surface area contributed by atoms with E-state index in [1.165, 1.54) is 18.3 Å². The number of carbonyl (C=O) groups is 1. The summed E-state index contributed by atoms with van der Waals surface area (Å²) in [6, 6.07) is 10.2. The Hall–Kier alpha value is -2.51.